The van der Waals surface area contributed by atoms with E-state index in [2.05, 4.69) is 6.92 Å². The molecule has 4 heteroatoms. The van der Waals surface area contributed by atoms with Crippen LogP contribution < -0.4 is 0 Å². The molecule has 0 amide bonds. The Balaban J connectivity index is 3.74. The van der Waals surface area contributed by atoms with Crippen molar-refractivity contribution in [1.29, 1.82) is 0 Å². The van der Waals surface area contributed by atoms with Crippen molar-refractivity contribution >= 4 is 11.8 Å². The number of carbonyl (C=O) groups excluding carboxylic acids is 2. The molecule has 20 heavy (non-hydrogen) atoms. The molecule has 0 saturated heterocycles. The van der Waals surface area contributed by atoms with Crippen LogP contribution in [0.25, 0.3) is 0 Å². The van der Waals surface area contributed by atoms with Gasteiger partial charge < -0.3 is 9.47 Å². The van der Waals surface area contributed by atoms with Crippen LogP contribution in [-0.2, 0) is 19.1 Å². The van der Waals surface area contributed by atoms with E-state index in [4.69, 9.17) is 9.47 Å². The standard InChI is InChI=1S/C16H30O4/c1-5-7-8-9-10-11-12-19-13-14(17)16(3,4)15(18)20-6-2/h5-13H2,1-4H3. The Kier molecular flexibility index (Phi) is 10.3. The molecule has 0 N–H and O–H groups in total. The first-order valence-electron chi connectivity index (χ1n) is 7.75. The number of esters is 1. The minimum atomic E-state index is -1.11. The van der Waals surface area contributed by atoms with Crippen LogP contribution in [0.1, 0.15) is 66.2 Å². The molecule has 0 fully saturated rings. The van der Waals surface area contributed by atoms with Gasteiger partial charge >= 0.3 is 5.97 Å². The monoisotopic (exact) mass is 286 g/mol. The van der Waals surface area contributed by atoms with Crippen molar-refractivity contribution in [2.24, 2.45) is 5.41 Å². The van der Waals surface area contributed by atoms with E-state index in [9.17, 15) is 9.59 Å². The van der Waals surface area contributed by atoms with Crippen LogP contribution in [0.2, 0.25) is 0 Å². The number of hydrogen-bond donors (Lipinski definition) is 0. The number of unbranched alkanes of at least 4 members (excludes halogenated alkanes) is 5. The summed E-state index contributed by atoms with van der Waals surface area (Å²) in [6.07, 6.45) is 7.12. The van der Waals surface area contributed by atoms with Gasteiger partial charge in [0, 0.05) is 6.61 Å². The lowest BCUT2D eigenvalue weighted by atomic mass is 9.88. The molecule has 0 aromatic carbocycles. The molecular formula is C16H30O4. The van der Waals surface area contributed by atoms with Gasteiger partial charge in [-0.2, -0.15) is 0 Å². The van der Waals surface area contributed by atoms with Crippen molar-refractivity contribution < 1.29 is 19.1 Å². The number of hydrogen-bond acceptors (Lipinski definition) is 4. The Bertz CT molecular complexity index is 284. The number of ketones is 1. The van der Waals surface area contributed by atoms with Crippen molar-refractivity contribution in [3.05, 3.63) is 0 Å². The van der Waals surface area contributed by atoms with Crippen molar-refractivity contribution in [2.45, 2.75) is 66.2 Å². The molecule has 0 heterocycles. The Morgan fingerprint density at radius 3 is 2.15 bits per heavy atom. The summed E-state index contributed by atoms with van der Waals surface area (Å²) in [6.45, 7) is 7.95. The summed E-state index contributed by atoms with van der Waals surface area (Å²) in [5.74, 6) is -0.699. The first kappa shape index (κ1) is 19.1. The van der Waals surface area contributed by atoms with E-state index in [-0.39, 0.29) is 19.0 Å². The highest BCUT2D eigenvalue weighted by Crippen LogP contribution is 2.19. The number of ether oxygens (including phenoxy) is 2. The Hall–Kier alpha value is -0.900. The van der Waals surface area contributed by atoms with Gasteiger partial charge in [-0.1, -0.05) is 39.0 Å². The van der Waals surface area contributed by atoms with Crippen LogP contribution in [0.4, 0.5) is 0 Å². The molecule has 0 aliphatic carbocycles. The van der Waals surface area contributed by atoms with Gasteiger partial charge in [-0.15, -0.1) is 0 Å². The highest BCUT2D eigenvalue weighted by atomic mass is 16.5. The quantitative estimate of drug-likeness (QED) is 0.313. The average molecular weight is 286 g/mol. The Labute approximate surface area is 123 Å². The predicted octanol–water partition coefficient (Wildman–Crippen LogP) is 3.52. The first-order valence-corrected chi connectivity index (χ1v) is 7.75. The highest BCUT2D eigenvalue weighted by Gasteiger charge is 2.37. The van der Waals surface area contributed by atoms with Gasteiger partial charge in [-0.05, 0) is 27.2 Å². The van der Waals surface area contributed by atoms with Gasteiger partial charge in [0.05, 0.1) is 6.61 Å². The fourth-order valence-electron chi connectivity index (χ4n) is 1.76. The lowest BCUT2D eigenvalue weighted by Crippen LogP contribution is -2.37. The maximum Gasteiger partial charge on any atom is 0.319 e. The predicted molar refractivity (Wildman–Crippen MR) is 79.6 cm³/mol. The topological polar surface area (TPSA) is 52.6 Å². The summed E-state index contributed by atoms with van der Waals surface area (Å²) in [4.78, 5) is 23.6. The van der Waals surface area contributed by atoms with E-state index < -0.39 is 11.4 Å². The van der Waals surface area contributed by atoms with Crippen LogP contribution >= 0.6 is 0 Å². The molecule has 0 unspecified atom stereocenters. The van der Waals surface area contributed by atoms with E-state index >= 15 is 0 Å². The van der Waals surface area contributed by atoms with Crippen LogP contribution in [0.3, 0.4) is 0 Å². The van der Waals surface area contributed by atoms with Crippen LogP contribution in [0.15, 0.2) is 0 Å². The van der Waals surface area contributed by atoms with Gasteiger partial charge in [0.15, 0.2) is 5.78 Å². The highest BCUT2D eigenvalue weighted by molar-refractivity contribution is 6.03. The molecule has 0 aromatic heterocycles. The zero-order chi connectivity index (χ0) is 15.4. The summed E-state index contributed by atoms with van der Waals surface area (Å²) in [5.41, 5.74) is -1.11. The third-order valence-corrected chi connectivity index (χ3v) is 3.36. The molecule has 0 rings (SSSR count). The Morgan fingerprint density at radius 2 is 1.55 bits per heavy atom. The summed E-state index contributed by atoms with van der Waals surface area (Å²) >= 11 is 0. The largest absolute Gasteiger partial charge is 0.465 e. The lowest BCUT2D eigenvalue weighted by Gasteiger charge is -2.20. The van der Waals surface area contributed by atoms with Gasteiger partial charge in [-0.3, -0.25) is 9.59 Å². The third-order valence-electron chi connectivity index (χ3n) is 3.36. The SMILES string of the molecule is CCCCCCCCOCC(=O)C(C)(C)C(=O)OCC. The maximum atomic E-state index is 11.9. The molecule has 0 aliphatic rings. The van der Waals surface area contributed by atoms with Crippen LogP contribution in [0.5, 0.6) is 0 Å². The molecule has 118 valence electrons. The van der Waals surface area contributed by atoms with Crippen LogP contribution in [0, 0.1) is 5.41 Å². The molecule has 0 bridgehead atoms. The van der Waals surface area contributed by atoms with E-state index in [1.54, 1.807) is 20.8 Å². The maximum absolute atomic E-state index is 11.9. The fraction of sp³-hybridized carbons (Fsp3) is 0.875. The molecule has 4 nitrogen and oxygen atoms in total. The second kappa shape index (κ2) is 10.8. The van der Waals surface area contributed by atoms with Gasteiger partial charge in [0.2, 0.25) is 0 Å². The zero-order valence-electron chi connectivity index (χ0n) is 13.5. The normalized spacial score (nSPS) is 11.4. The number of carbonyl (C=O) groups is 2. The third kappa shape index (κ3) is 7.63. The minimum Gasteiger partial charge on any atom is -0.465 e. The van der Waals surface area contributed by atoms with E-state index in [1.807, 2.05) is 0 Å². The molecule has 0 spiro atoms. The number of rotatable bonds is 12. The van der Waals surface area contributed by atoms with Crippen molar-refractivity contribution in [3.8, 4) is 0 Å². The van der Waals surface area contributed by atoms with Gasteiger partial charge in [-0.25, -0.2) is 0 Å². The smallest absolute Gasteiger partial charge is 0.319 e. The molecule has 0 saturated carbocycles. The molecule has 0 atom stereocenters. The van der Waals surface area contributed by atoms with Gasteiger partial charge in [0.25, 0.3) is 0 Å². The number of Topliss-reactive ketones (excluding diaryl/α,β-unsaturated/α-hetero) is 1. The molecular weight excluding hydrogens is 256 g/mol. The van der Waals surface area contributed by atoms with E-state index in [0.29, 0.717) is 6.61 Å². The van der Waals surface area contributed by atoms with E-state index in [1.165, 1.54) is 25.7 Å². The van der Waals surface area contributed by atoms with Crippen molar-refractivity contribution in [2.75, 3.05) is 19.8 Å². The minimum absolute atomic E-state index is 0.0131. The lowest BCUT2D eigenvalue weighted by molar-refractivity contribution is -0.159. The zero-order valence-corrected chi connectivity index (χ0v) is 13.5. The average Bonchev–Trinajstić information content (AvgIpc) is 2.41. The molecule has 0 aliphatic heterocycles. The summed E-state index contributed by atoms with van der Waals surface area (Å²) < 4.78 is 10.3. The van der Waals surface area contributed by atoms with Gasteiger partial charge in [0.1, 0.15) is 12.0 Å². The molecule has 0 radical (unpaired) electrons. The molecule has 0 aromatic rings. The second-order valence-corrected chi connectivity index (χ2v) is 5.59. The summed E-state index contributed by atoms with van der Waals surface area (Å²) in [7, 11) is 0. The summed E-state index contributed by atoms with van der Waals surface area (Å²) in [6, 6.07) is 0. The Morgan fingerprint density at radius 1 is 0.950 bits per heavy atom. The van der Waals surface area contributed by atoms with E-state index in [0.717, 1.165) is 12.8 Å². The summed E-state index contributed by atoms with van der Waals surface area (Å²) in [5, 5.41) is 0. The fourth-order valence-corrected chi connectivity index (χ4v) is 1.76. The van der Waals surface area contributed by atoms with Crippen LogP contribution in [-0.4, -0.2) is 31.6 Å². The van der Waals surface area contributed by atoms with Crippen molar-refractivity contribution in [1.82, 2.24) is 0 Å². The first-order chi connectivity index (χ1) is 9.46. The van der Waals surface area contributed by atoms with Crippen molar-refractivity contribution in [3.63, 3.8) is 0 Å². The second-order valence-electron chi connectivity index (χ2n) is 5.59.